The fraction of sp³-hybridized carbons (Fsp3) is 0.500. The average Bonchev–Trinajstić information content (AvgIpc) is 2.18. The summed E-state index contributed by atoms with van der Waals surface area (Å²) in [4.78, 5) is 0. The molecule has 0 radical (unpaired) electrons. The standard InChI is InChI=1S/C12H19FN2/c1-8(2)12(15-14)7-10-6-11(13)5-4-9(10)3/h4-6,8,12,15H,7,14H2,1-3H3. The van der Waals surface area contributed by atoms with Gasteiger partial charge in [-0.2, -0.15) is 0 Å². The first-order valence-corrected chi connectivity index (χ1v) is 5.25. The summed E-state index contributed by atoms with van der Waals surface area (Å²) in [6, 6.07) is 5.06. The van der Waals surface area contributed by atoms with Crippen LogP contribution in [0.25, 0.3) is 0 Å². The van der Waals surface area contributed by atoms with Gasteiger partial charge >= 0.3 is 0 Å². The minimum Gasteiger partial charge on any atom is -0.271 e. The van der Waals surface area contributed by atoms with Crippen molar-refractivity contribution >= 4 is 0 Å². The molecule has 0 saturated carbocycles. The number of benzene rings is 1. The first-order chi connectivity index (χ1) is 7.04. The second-order valence-electron chi connectivity index (χ2n) is 4.29. The van der Waals surface area contributed by atoms with E-state index in [1.54, 1.807) is 12.1 Å². The molecule has 0 spiro atoms. The van der Waals surface area contributed by atoms with Gasteiger partial charge in [0.25, 0.3) is 0 Å². The molecule has 0 fully saturated rings. The van der Waals surface area contributed by atoms with Crippen LogP contribution < -0.4 is 11.3 Å². The highest BCUT2D eigenvalue weighted by Gasteiger charge is 2.13. The van der Waals surface area contributed by atoms with E-state index in [0.29, 0.717) is 5.92 Å². The monoisotopic (exact) mass is 210 g/mol. The number of hydrogen-bond acceptors (Lipinski definition) is 2. The molecule has 15 heavy (non-hydrogen) atoms. The van der Waals surface area contributed by atoms with Gasteiger partial charge in [0.05, 0.1) is 0 Å². The van der Waals surface area contributed by atoms with Crippen molar-refractivity contribution in [1.29, 1.82) is 0 Å². The van der Waals surface area contributed by atoms with Crippen LogP contribution >= 0.6 is 0 Å². The predicted molar refractivity (Wildman–Crippen MR) is 60.8 cm³/mol. The summed E-state index contributed by atoms with van der Waals surface area (Å²) in [5, 5.41) is 0. The summed E-state index contributed by atoms with van der Waals surface area (Å²) >= 11 is 0. The van der Waals surface area contributed by atoms with E-state index >= 15 is 0 Å². The minimum atomic E-state index is -0.185. The van der Waals surface area contributed by atoms with Gasteiger partial charge in [0, 0.05) is 6.04 Å². The Bertz CT molecular complexity index is 323. The molecule has 0 aromatic heterocycles. The zero-order valence-electron chi connectivity index (χ0n) is 9.55. The van der Waals surface area contributed by atoms with Crippen molar-refractivity contribution < 1.29 is 4.39 Å². The van der Waals surface area contributed by atoms with Crippen LogP contribution in [0.15, 0.2) is 18.2 Å². The van der Waals surface area contributed by atoms with Gasteiger partial charge in [0.1, 0.15) is 5.82 Å². The lowest BCUT2D eigenvalue weighted by Crippen LogP contribution is -2.40. The second-order valence-corrected chi connectivity index (χ2v) is 4.29. The van der Waals surface area contributed by atoms with Crippen LogP contribution in [-0.2, 0) is 6.42 Å². The van der Waals surface area contributed by atoms with E-state index in [1.807, 2.05) is 6.92 Å². The number of halogens is 1. The number of nitrogens with two attached hydrogens (primary N) is 1. The van der Waals surface area contributed by atoms with Crippen LogP contribution in [0.1, 0.15) is 25.0 Å². The maximum Gasteiger partial charge on any atom is 0.123 e. The summed E-state index contributed by atoms with van der Waals surface area (Å²) in [6.07, 6.45) is 0.762. The van der Waals surface area contributed by atoms with Crippen molar-refractivity contribution in [3.8, 4) is 0 Å². The highest BCUT2D eigenvalue weighted by molar-refractivity contribution is 5.27. The van der Waals surface area contributed by atoms with E-state index in [9.17, 15) is 4.39 Å². The van der Waals surface area contributed by atoms with E-state index in [4.69, 9.17) is 5.84 Å². The van der Waals surface area contributed by atoms with Crippen molar-refractivity contribution in [2.75, 3.05) is 0 Å². The summed E-state index contributed by atoms with van der Waals surface area (Å²) in [5.74, 6) is 5.71. The molecule has 0 aliphatic heterocycles. The van der Waals surface area contributed by atoms with Crippen molar-refractivity contribution in [3.63, 3.8) is 0 Å². The zero-order chi connectivity index (χ0) is 11.4. The lowest BCUT2D eigenvalue weighted by atomic mass is 9.94. The van der Waals surface area contributed by atoms with E-state index < -0.39 is 0 Å². The molecule has 1 aromatic rings. The lowest BCUT2D eigenvalue weighted by Gasteiger charge is -2.20. The first-order valence-electron chi connectivity index (χ1n) is 5.25. The third kappa shape index (κ3) is 3.29. The maximum atomic E-state index is 13.1. The summed E-state index contributed by atoms with van der Waals surface area (Å²) in [7, 11) is 0. The molecule has 1 rings (SSSR count). The topological polar surface area (TPSA) is 38.0 Å². The van der Waals surface area contributed by atoms with Gasteiger partial charge in [0.2, 0.25) is 0 Å². The summed E-state index contributed by atoms with van der Waals surface area (Å²) in [6.45, 7) is 6.18. The predicted octanol–water partition coefficient (Wildman–Crippen LogP) is 2.16. The van der Waals surface area contributed by atoms with Crippen LogP contribution in [0, 0.1) is 18.7 Å². The molecule has 0 aliphatic rings. The number of hydrogen-bond donors (Lipinski definition) is 2. The number of hydrazine groups is 1. The number of aryl methyl sites for hydroxylation is 1. The minimum absolute atomic E-state index is 0.185. The Hall–Kier alpha value is -0.930. The molecular weight excluding hydrogens is 191 g/mol. The Labute approximate surface area is 90.6 Å². The van der Waals surface area contributed by atoms with Crippen molar-refractivity contribution in [2.45, 2.75) is 33.2 Å². The molecule has 0 aliphatic carbocycles. The highest BCUT2D eigenvalue weighted by atomic mass is 19.1. The first kappa shape index (κ1) is 12.1. The third-order valence-corrected chi connectivity index (χ3v) is 2.77. The fourth-order valence-corrected chi connectivity index (χ4v) is 1.58. The number of rotatable bonds is 4. The summed E-state index contributed by atoms with van der Waals surface area (Å²) < 4.78 is 13.1. The molecule has 3 heteroatoms. The van der Waals surface area contributed by atoms with Crippen LogP contribution in [-0.4, -0.2) is 6.04 Å². The normalized spacial score (nSPS) is 13.2. The molecule has 0 saturated heterocycles. The van der Waals surface area contributed by atoms with Gasteiger partial charge in [-0.1, -0.05) is 19.9 Å². The molecule has 1 unspecified atom stereocenters. The molecule has 3 N–H and O–H groups in total. The SMILES string of the molecule is Cc1ccc(F)cc1CC(NN)C(C)C. The van der Waals surface area contributed by atoms with Gasteiger partial charge < -0.3 is 0 Å². The molecule has 1 aromatic carbocycles. The maximum absolute atomic E-state index is 13.1. The molecule has 0 heterocycles. The zero-order valence-corrected chi connectivity index (χ0v) is 9.55. The molecule has 1 atom stereocenters. The van der Waals surface area contributed by atoms with E-state index in [2.05, 4.69) is 19.3 Å². The second kappa shape index (κ2) is 5.24. The molecule has 2 nitrogen and oxygen atoms in total. The van der Waals surface area contributed by atoms with Gasteiger partial charge in [-0.15, -0.1) is 0 Å². The van der Waals surface area contributed by atoms with Crippen molar-refractivity contribution in [3.05, 3.63) is 35.1 Å². The largest absolute Gasteiger partial charge is 0.271 e. The molecule has 0 amide bonds. The van der Waals surface area contributed by atoms with Crippen LogP contribution in [0.3, 0.4) is 0 Å². The number of nitrogens with one attached hydrogen (secondary N) is 1. The van der Waals surface area contributed by atoms with Gasteiger partial charge in [-0.25, -0.2) is 4.39 Å². The summed E-state index contributed by atoms with van der Waals surface area (Å²) in [5.41, 5.74) is 4.90. The quantitative estimate of drug-likeness (QED) is 0.590. The van der Waals surface area contributed by atoms with E-state index in [0.717, 1.165) is 17.5 Å². The van der Waals surface area contributed by atoms with Crippen LogP contribution in [0.5, 0.6) is 0 Å². The van der Waals surface area contributed by atoms with E-state index in [-0.39, 0.29) is 11.9 Å². The smallest absolute Gasteiger partial charge is 0.123 e. The molecule has 84 valence electrons. The van der Waals surface area contributed by atoms with Crippen molar-refractivity contribution in [1.82, 2.24) is 5.43 Å². The van der Waals surface area contributed by atoms with Crippen LogP contribution in [0.2, 0.25) is 0 Å². The average molecular weight is 210 g/mol. The highest BCUT2D eigenvalue weighted by Crippen LogP contribution is 2.15. The molecular formula is C12H19FN2. The third-order valence-electron chi connectivity index (χ3n) is 2.77. The Balaban J connectivity index is 2.82. The van der Waals surface area contributed by atoms with E-state index in [1.165, 1.54) is 6.07 Å². The Kier molecular flexibility index (Phi) is 4.24. The van der Waals surface area contributed by atoms with Gasteiger partial charge in [-0.05, 0) is 42.5 Å². The fourth-order valence-electron chi connectivity index (χ4n) is 1.58. The Morgan fingerprint density at radius 2 is 2.07 bits per heavy atom. The van der Waals surface area contributed by atoms with Crippen LogP contribution in [0.4, 0.5) is 4.39 Å². The molecule has 0 bridgehead atoms. The van der Waals surface area contributed by atoms with Crippen molar-refractivity contribution in [2.24, 2.45) is 11.8 Å². The van der Waals surface area contributed by atoms with Gasteiger partial charge in [0.15, 0.2) is 0 Å². The Morgan fingerprint density at radius 1 is 1.40 bits per heavy atom. The lowest BCUT2D eigenvalue weighted by molar-refractivity contribution is 0.403. The van der Waals surface area contributed by atoms with Gasteiger partial charge in [-0.3, -0.25) is 11.3 Å². The Morgan fingerprint density at radius 3 is 2.60 bits per heavy atom.